The van der Waals surface area contributed by atoms with E-state index in [9.17, 15) is 5.11 Å². The minimum absolute atomic E-state index is 0.172. The van der Waals surface area contributed by atoms with Crippen LogP contribution < -0.4 is 10.1 Å². The van der Waals surface area contributed by atoms with Gasteiger partial charge in [0.2, 0.25) is 5.88 Å². The van der Waals surface area contributed by atoms with Crippen molar-refractivity contribution >= 4 is 10.9 Å². The van der Waals surface area contributed by atoms with E-state index in [2.05, 4.69) is 5.32 Å². The molecule has 0 spiro atoms. The van der Waals surface area contributed by atoms with Gasteiger partial charge in [-0.05, 0) is 76.3 Å². The number of rotatable bonds is 5. The summed E-state index contributed by atoms with van der Waals surface area (Å²) in [5.74, 6) is 2.42. The van der Waals surface area contributed by atoms with Gasteiger partial charge in [0.1, 0.15) is 11.9 Å². The zero-order chi connectivity index (χ0) is 21.0. The molecule has 2 saturated heterocycles. The lowest BCUT2D eigenvalue weighted by Crippen LogP contribution is -2.34. The largest absolute Gasteiger partial charge is 0.474 e. The summed E-state index contributed by atoms with van der Waals surface area (Å²) < 4.78 is 12.0. The third-order valence-corrected chi connectivity index (χ3v) is 7.09. The van der Waals surface area contributed by atoms with Crippen LogP contribution in [-0.4, -0.2) is 58.6 Å². The maximum atomic E-state index is 9.96. The van der Waals surface area contributed by atoms with E-state index in [1.165, 1.54) is 12.0 Å². The van der Waals surface area contributed by atoms with Crippen LogP contribution in [0.25, 0.3) is 10.9 Å². The maximum absolute atomic E-state index is 9.96. The molecule has 3 aliphatic rings. The lowest BCUT2D eigenvalue weighted by Gasteiger charge is -2.27. The Morgan fingerprint density at radius 1 is 1.03 bits per heavy atom. The van der Waals surface area contributed by atoms with Gasteiger partial charge in [-0.15, -0.1) is 0 Å². The number of pyridine rings is 1. The average molecular weight is 427 g/mol. The van der Waals surface area contributed by atoms with Gasteiger partial charge < -0.3 is 19.9 Å². The molecule has 7 nitrogen and oxygen atoms in total. The molecule has 0 bridgehead atoms. The van der Waals surface area contributed by atoms with Crippen molar-refractivity contribution in [2.45, 2.75) is 75.9 Å². The highest BCUT2D eigenvalue weighted by molar-refractivity contribution is 5.85. The van der Waals surface area contributed by atoms with E-state index in [4.69, 9.17) is 24.4 Å². The van der Waals surface area contributed by atoms with Gasteiger partial charge in [-0.1, -0.05) is 0 Å². The smallest absolute Gasteiger partial charge is 0.224 e. The number of piperidine rings is 1. The number of nitrogens with one attached hydrogen (secondary N) is 1. The molecule has 31 heavy (non-hydrogen) atoms. The van der Waals surface area contributed by atoms with Crippen LogP contribution in [0.2, 0.25) is 0 Å². The molecule has 1 aliphatic carbocycles. The molecule has 4 heterocycles. The molecule has 2 N–H and O–H groups in total. The second-order valence-corrected chi connectivity index (χ2v) is 9.43. The normalized spacial score (nSPS) is 28.0. The lowest BCUT2D eigenvalue weighted by atomic mass is 9.82. The Kier molecular flexibility index (Phi) is 6.62. The molecule has 3 fully saturated rings. The molecular formula is C24H34N4O3. The monoisotopic (exact) mass is 426 g/mol. The zero-order valence-corrected chi connectivity index (χ0v) is 18.3. The fraction of sp³-hybridized carbons (Fsp3) is 0.708. The molecule has 0 aromatic carbocycles. The molecule has 2 aliphatic heterocycles. The van der Waals surface area contributed by atoms with Crippen LogP contribution in [0.5, 0.6) is 5.88 Å². The second-order valence-electron chi connectivity index (χ2n) is 9.43. The average Bonchev–Trinajstić information content (AvgIpc) is 2.81. The molecule has 2 aromatic rings. The van der Waals surface area contributed by atoms with Crippen LogP contribution >= 0.6 is 0 Å². The van der Waals surface area contributed by atoms with E-state index >= 15 is 0 Å². The maximum Gasteiger partial charge on any atom is 0.224 e. The Bertz CT molecular complexity index is 872. The molecule has 0 unspecified atom stereocenters. The van der Waals surface area contributed by atoms with Crippen LogP contribution in [0, 0.1) is 5.92 Å². The zero-order valence-electron chi connectivity index (χ0n) is 18.3. The topological polar surface area (TPSA) is 89.4 Å². The summed E-state index contributed by atoms with van der Waals surface area (Å²) in [6.07, 6.45) is 12.7. The first-order chi connectivity index (χ1) is 15.3. The van der Waals surface area contributed by atoms with Crippen LogP contribution in [0.1, 0.15) is 68.7 Å². The number of nitrogens with zero attached hydrogens (tertiary/aromatic N) is 3. The molecule has 0 radical (unpaired) electrons. The Labute approximate surface area is 184 Å². The first-order valence-corrected chi connectivity index (χ1v) is 12.0. The standard InChI is InChI=1S/C24H34N4O3/c29-18-5-3-17(4-6-18)20-13-27-24(31-19-7-9-25-10-8-19)21-14-26-22(28-23(20)21)12-16-2-1-11-30-15-16/h13-14,16-19,25,29H,1-12,15H2/t16-,17?,18?/m1/s1. The quantitative estimate of drug-likeness (QED) is 0.759. The van der Waals surface area contributed by atoms with E-state index in [0.29, 0.717) is 17.7 Å². The third-order valence-electron chi connectivity index (χ3n) is 7.09. The van der Waals surface area contributed by atoms with Crippen molar-refractivity contribution in [2.75, 3.05) is 26.3 Å². The van der Waals surface area contributed by atoms with Crippen molar-refractivity contribution in [3.8, 4) is 5.88 Å². The van der Waals surface area contributed by atoms with Crippen LogP contribution in [0.3, 0.4) is 0 Å². The Morgan fingerprint density at radius 3 is 2.65 bits per heavy atom. The number of hydrogen-bond donors (Lipinski definition) is 2. The Hall–Kier alpha value is -1.83. The van der Waals surface area contributed by atoms with E-state index in [0.717, 1.165) is 94.4 Å². The summed E-state index contributed by atoms with van der Waals surface area (Å²) in [7, 11) is 0. The van der Waals surface area contributed by atoms with Gasteiger partial charge in [0.05, 0.1) is 17.0 Å². The summed E-state index contributed by atoms with van der Waals surface area (Å²) in [4.78, 5) is 14.5. The number of hydrogen-bond acceptors (Lipinski definition) is 7. The first-order valence-electron chi connectivity index (χ1n) is 12.0. The molecule has 1 saturated carbocycles. The highest BCUT2D eigenvalue weighted by Crippen LogP contribution is 2.38. The highest BCUT2D eigenvalue weighted by atomic mass is 16.5. The van der Waals surface area contributed by atoms with Crippen LogP contribution in [0.15, 0.2) is 12.4 Å². The third kappa shape index (κ3) is 4.99. The second kappa shape index (κ2) is 9.76. The van der Waals surface area contributed by atoms with Crippen molar-refractivity contribution in [2.24, 2.45) is 5.92 Å². The fourth-order valence-corrected chi connectivity index (χ4v) is 5.23. The summed E-state index contributed by atoms with van der Waals surface area (Å²) in [5.41, 5.74) is 2.17. The Balaban J connectivity index is 1.46. The summed E-state index contributed by atoms with van der Waals surface area (Å²) in [6.45, 7) is 3.63. The number of aliphatic hydroxyl groups is 1. The van der Waals surface area contributed by atoms with Crippen molar-refractivity contribution in [3.05, 3.63) is 23.8 Å². The molecular weight excluding hydrogens is 392 g/mol. The van der Waals surface area contributed by atoms with Crippen molar-refractivity contribution in [1.29, 1.82) is 0 Å². The molecule has 5 rings (SSSR count). The number of aromatic nitrogens is 3. The summed E-state index contributed by atoms with van der Waals surface area (Å²) in [5, 5.41) is 14.3. The molecule has 0 amide bonds. The van der Waals surface area contributed by atoms with E-state index < -0.39 is 0 Å². The molecule has 1 atom stereocenters. The fourth-order valence-electron chi connectivity index (χ4n) is 5.23. The molecule has 168 valence electrons. The van der Waals surface area contributed by atoms with Gasteiger partial charge in [0, 0.05) is 37.6 Å². The summed E-state index contributed by atoms with van der Waals surface area (Å²) in [6, 6.07) is 0. The van der Waals surface area contributed by atoms with E-state index in [1.807, 2.05) is 12.4 Å². The predicted molar refractivity (Wildman–Crippen MR) is 118 cm³/mol. The van der Waals surface area contributed by atoms with Gasteiger partial charge in [-0.25, -0.2) is 15.0 Å². The van der Waals surface area contributed by atoms with Gasteiger partial charge in [-0.2, -0.15) is 0 Å². The summed E-state index contributed by atoms with van der Waals surface area (Å²) >= 11 is 0. The van der Waals surface area contributed by atoms with Gasteiger partial charge in [-0.3, -0.25) is 0 Å². The van der Waals surface area contributed by atoms with Crippen LogP contribution in [-0.2, 0) is 11.2 Å². The molecule has 2 aromatic heterocycles. The number of fused-ring (bicyclic) bond motifs is 1. The predicted octanol–water partition coefficient (Wildman–Crippen LogP) is 3.14. The van der Waals surface area contributed by atoms with Crippen LogP contribution in [0.4, 0.5) is 0 Å². The van der Waals surface area contributed by atoms with Gasteiger partial charge >= 0.3 is 0 Å². The first kappa shape index (κ1) is 21.0. The molecule has 7 heteroatoms. The minimum atomic E-state index is -0.172. The van der Waals surface area contributed by atoms with Crippen molar-refractivity contribution in [3.63, 3.8) is 0 Å². The number of aliphatic hydroxyl groups excluding tert-OH is 1. The number of ether oxygens (including phenoxy) is 2. The van der Waals surface area contributed by atoms with Gasteiger partial charge in [0.25, 0.3) is 0 Å². The lowest BCUT2D eigenvalue weighted by molar-refractivity contribution is 0.0543. The Morgan fingerprint density at radius 2 is 1.87 bits per heavy atom. The van der Waals surface area contributed by atoms with E-state index in [-0.39, 0.29) is 12.2 Å². The highest BCUT2D eigenvalue weighted by Gasteiger charge is 2.26. The van der Waals surface area contributed by atoms with Crippen molar-refractivity contribution < 1.29 is 14.6 Å². The minimum Gasteiger partial charge on any atom is -0.474 e. The van der Waals surface area contributed by atoms with Crippen molar-refractivity contribution in [1.82, 2.24) is 20.3 Å². The van der Waals surface area contributed by atoms with E-state index in [1.54, 1.807) is 0 Å². The SMILES string of the molecule is OC1CCC(c2cnc(OC3CCNCC3)c3cnc(C[C@H]4CCCOC4)nc23)CC1. The van der Waals surface area contributed by atoms with Gasteiger partial charge in [0.15, 0.2) is 0 Å².